The van der Waals surface area contributed by atoms with Crippen molar-refractivity contribution in [2.75, 3.05) is 29.9 Å². The van der Waals surface area contributed by atoms with Gasteiger partial charge in [-0.15, -0.1) is 0 Å². The molecule has 0 bridgehead atoms. The zero-order valence-electron chi connectivity index (χ0n) is 20.7. The van der Waals surface area contributed by atoms with Crippen molar-refractivity contribution < 1.29 is 9.59 Å². The van der Waals surface area contributed by atoms with Gasteiger partial charge in [-0.1, -0.05) is 57.7 Å². The minimum atomic E-state index is -0.361. The van der Waals surface area contributed by atoms with E-state index in [1.807, 2.05) is 30.3 Å². The van der Waals surface area contributed by atoms with Gasteiger partial charge < -0.3 is 15.5 Å². The van der Waals surface area contributed by atoms with Gasteiger partial charge in [0.05, 0.1) is 24.0 Å². The molecule has 1 atom stereocenters. The molecule has 0 saturated carbocycles. The number of carbonyl (C=O) groups is 2. The van der Waals surface area contributed by atoms with E-state index in [2.05, 4.69) is 43.4 Å². The average molecular weight is 496 g/mol. The molecule has 0 aliphatic carbocycles. The Morgan fingerprint density at radius 3 is 2.66 bits per heavy atom. The lowest BCUT2D eigenvalue weighted by molar-refractivity contribution is -0.126. The number of fused-ring (bicyclic) bond motifs is 1. The molecular weight excluding hydrogens is 462 g/mol. The maximum absolute atomic E-state index is 12.8. The van der Waals surface area contributed by atoms with E-state index in [1.54, 1.807) is 27.5 Å². The van der Waals surface area contributed by atoms with Crippen molar-refractivity contribution in [2.45, 2.75) is 51.1 Å². The van der Waals surface area contributed by atoms with Crippen molar-refractivity contribution in [2.24, 2.45) is 11.8 Å². The highest BCUT2D eigenvalue weighted by atomic mass is 32.2. The standard InChI is InChI=1S/C25H33N7O2S/c1-16(2)13-27-22-20-14-28-32(23(20)30-25(29-22)35-17(3)4)11-10-26-24(34)18-12-21(33)31(15-18)19-8-6-5-7-9-19/h5-9,14,16-18H,10-13,15H2,1-4H3,(H,26,34)(H,27,29,30). The number of carbonyl (C=O) groups excluding carboxylic acids is 2. The first-order valence-corrected chi connectivity index (χ1v) is 13.0. The minimum Gasteiger partial charge on any atom is -0.369 e. The van der Waals surface area contributed by atoms with Crippen LogP contribution in [0.3, 0.4) is 0 Å². The summed E-state index contributed by atoms with van der Waals surface area (Å²) in [5.74, 6) is 0.764. The zero-order chi connectivity index (χ0) is 24.9. The number of para-hydroxylation sites is 1. The lowest BCUT2D eigenvalue weighted by Crippen LogP contribution is -2.35. The fourth-order valence-electron chi connectivity index (χ4n) is 3.97. The highest BCUT2D eigenvalue weighted by Gasteiger charge is 2.34. The summed E-state index contributed by atoms with van der Waals surface area (Å²) in [6, 6.07) is 9.47. The van der Waals surface area contributed by atoms with Crippen molar-refractivity contribution in [3.05, 3.63) is 36.5 Å². The number of amides is 2. The van der Waals surface area contributed by atoms with Crippen LogP contribution in [-0.4, -0.2) is 56.4 Å². The molecule has 3 aromatic rings. The normalized spacial score (nSPS) is 16.0. The number of nitrogens with zero attached hydrogens (tertiary/aromatic N) is 5. The van der Waals surface area contributed by atoms with Crippen molar-refractivity contribution >= 4 is 46.1 Å². The van der Waals surface area contributed by atoms with E-state index in [-0.39, 0.29) is 24.2 Å². The number of hydrogen-bond acceptors (Lipinski definition) is 7. The molecule has 1 aromatic carbocycles. The summed E-state index contributed by atoms with van der Waals surface area (Å²) < 4.78 is 1.80. The molecular formula is C25H33N7O2S. The number of benzene rings is 1. The number of anilines is 2. The molecule has 10 heteroatoms. The third kappa shape index (κ3) is 6.11. The number of nitrogens with one attached hydrogen (secondary N) is 2. The van der Waals surface area contributed by atoms with Crippen LogP contribution in [0.25, 0.3) is 11.0 Å². The van der Waals surface area contributed by atoms with Gasteiger partial charge in [-0.25, -0.2) is 14.6 Å². The predicted octanol–water partition coefficient (Wildman–Crippen LogP) is 3.56. The van der Waals surface area contributed by atoms with Gasteiger partial charge in [0.25, 0.3) is 0 Å². The third-order valence-corrected chi connectivity index (χ3v) is 6.55. The molecule has 9 nitrogen and oxygen atoms in total. The van der Waals surface area contributed by atoms with E-state index in [0.29, 0.717) is 36.0 Å². The van der Waals surface area contributed by atoms with E-state index in [9.17, 15) is 9.59 Å². The summed E-state index contributed by atoms with van der Waals surface area (Å²) in [4.78, 5) is 36.4. The Labute approximate surface area is 210 Å². The predicted molar refractivity (Wildman–Crippen MR) is 140 cm³/mol. The molecule has 2 amide bonds. The molecule has 1 aliphatic heterocycles. The molecule has 0 radical (unpaired) electrons. The van der Waals surface area contributed by atoms with Gasteiger partial charge in [0.15, 0.2) is 10.8 Å². The fourth-order valence-corrected chi connectivity index (χ4v) is 4.67. The van der Waals surface area contributed by atoms with Gasteiger partial charge in [-0.2, -0.15) is 5.10 Å². The lowest BCUT2D eigenvalue weighted by atomic mass is 10.1. The summed E-state index contributed by atoms with van der Waals surface area (Å²) in [5.41, 5.74) is 1.57. The van der Waals surface area contributed by atoms with Crippen LogP contribution in [0.1, 0.15) is 34.1 Å². The van der Waals surface area contributed by atoms with Crippen molar-refractivity contribution in [1.82, 2.24) is 25.1 Å². The second-order valence-corrected chi connectivity index (χ2v) is 11.0. The largest absolute Gasteiger partial charge is 0.369 e. The lowest BCUT2D eigenvalue weighted by Gasteiger charge is -2.16. The Bertz CT molecular complexity index is 1180. The molecule has 1 aliphatic rings. The van der Waals surface area contributed by atoms with Gasteiger partial charge in [0, 0.05) is 37.0 Å². The Morgan fingerprint density at radius 1 is 1.17 bits per heavy atom. The number of hydrogen-bond donors (Lipinski definition) is 2. The molecule has 1 fully saturated rings. The molecule has 4 rings (SSSR count). The fraction of sp³-hybridized carbons (Fsp3) is 0.480. The molecule has 3 heterocycles. The van der Waals surface area contributed by atoms with Crippen LogP contribution in [0, 0.1) is 11.8 Å². The van der Waals surface area contributed by atoms with Crippen LogP contribution in [0.2, 0.25) is 0 Å². The average Bonchev–Trinajstić information content (AvgIpc) is 3.41. The van der Waals surface area contributed by atoms with Crippen molar-refractivity contribution in [3.8, 4) is 0 Å². The van der Waals surface area contributed by atoms with E-state index in [4.69, 9.17) is 9.97 Å². The topological polar surface area (TPSA) is 105 Å². The number of thioether (sulfide) groups is 1. The number of rotatable bonds is 10. The molecule has 2 N–H and O–H groups in total. The summed E-state index contributed by atoms with van der Waals surface area (Å²) in [7, 11) is 0. The van der Waals surface area contributed by atoms with Crippen molar-refractivity contribution in [3.63, 3.8) is 0 Å². The van der Waals surface area contributed by atoms with Crippen LogP contribution in [0.5, 0.6) is 0 Å². The third-order valence-electron chi connectivity index (χ3n) is 5.68. The molecule has 1 saturated heterocycles. The van der Waals surface area contributed by atoms with E-state index in [0.717, 1.165) is 29.1 Å². The monoisotopic (exact) mass is 495 g/mol. The van der Waals surface area contributed by atoms with Gasteiger partial charge in [0.2, 0.25) is 11.8 Å². The SMILES string of the molecule is CC(C)CNc1nc(SC(C)C)nc2c1cnn2CCNC(=O)C1CC(=O)N(c2ccccc2)C1. The van der Waals surface area contributed by atoms with E-state index in [1.165, 1.54) is 0 Å². The Balaban J connectivity index is 1.41. The van der Waals surface area contributed by atoms with Gasteiger partial charge in [-0.3, -0.25) is 9.59 Å². The quantitative estimate of drug-likeness (QED) is 0.327. The van der Waals surface area contributed by atoms with E-state index < -0.39 is 0 Å². The van der Waals surface area contributed by atoms with Crippen LogP contribution in [0.4, 0.5) is 11.5 Å². The Morgan fingerprint density at radius 2 is 1.94 bits per heavy atom. The highest BCUT2D eigenvalue weighted by molar-refractivity contribution is 7.99. The molecule has 1 unspecified atom stereocenters. The maximum atomic E-state index is 12.8. The Hall–Kier alpha value is -3.14. The second kappa shape index (κ2) is 11.1. The van der Waals surface area contributed by atoms with Crippen molar-refractivity contribution in [1.29, 1.82) is 0 Å². The second-order valence-electron chi connectivity index (χ2n) is 9.43. The first-order chi connectivity index (χ1) is 16.8. The van der Waals surface area contributed by atoms with Crippen LogP contribution in [-0.2, 0) is 16.1 Å². The number of aromatic nitrogens is 4. The summed E-state index contributed by atoms with van der Waals surface area (Å²) in [5, 5.41) is 12.8. The maximum Gasteiger partial charge on any atom is 0.227 e. The smallest absolute Gasteiger partial charge is 0.227 e. The molecule has 35 heavy (non-hydrogen) atoms. The van der Waals surface area contributed by atoms with Crippen LogP contribution in [0.15, 0.2) is 41.7 Å². The first kappa shape index (κ1) is 25.0. The van der Waals surface area contributed by atoms with E-state index >= 15 is 0 Å². The van der Waals surface area contributed by atoms with Gasteiger partial charge in [-0.05, 0) is 18.1 Å². The summed E-state index contributed by atoms with van der Waals surface area (Å²) in [6.45, 7) is 10.6. The zero-order valence-corrected chi connectivity index (χ0v) is 21.5. The highest BCUT2D eigenvalue weighted by Crippen LogP contribution is 2.27. The first-order valence-electron chi connectivity index (χ1n) is 12.1. The molecule has 0 spiro atoms. The van der Waals surface area contributed by atoms with Crippen LogP contribution >= 0.6 is 11.8 Å². The molecule has 186 valence electrons. The summed E-state index contributed by atoms with van der Waals surface area (Å²) in [6.07, 6.45) is 2.00. The molecule has 2 aromatic heterocycles. The van der Waals surface area contributed by atoms with Gasteiger partial charge >= 0.3 is 0 Å². The Kier molecular flexibility index (Phi) is 7.90. The summed E-state index contributed by atoms with van der Waals surface area (Å²) >= 11 is 1.61. The van der Waals surface area contributed by atoms with Gasteiger partial charge in [0.1, 0.15) is 5.82 Å². The minimum absolute atomic E-state index is 0.0253. The van der Waals surface area contributed by atoms with Crippen LogP contribution < -0.4 is 15.5 Å².